The molecule has 3 aliphatic heterocycles. The second-order valence-electron chi connectivity index (χ2n) is 11.6. The van der Waals surface area contributed by atoms with E-state index in [1.807, 2.05) is 0 Å². The molecule has 0 spiro atoms. The van der Waals surface area contributed by atoms with Crippen molar-refractivity contribution >= 4 is 21.8 Å². The average molecular weight is 559 g/mol. The maximum absolute atomic E-state index is 6.05. The molecule has 42 heavy (non-hydrogen) atoms. The van der Waals surface area contributed by atoms with Crippen LogP contribution >= 0.6 is 0 Å². The first-order chi connectivity index (χ1) is 20.8. The fourth-order valence-electron chi connectivity index (χ4n) is 5.89. The molecule has 5 heterocycles. The molecule has 5 aromatic rings. The van der Waals surface area contributed by atoms with Crippen LogP contribution in [0.2, 0.25) is 0 Å². The maximum Gasteiger partial charge on any atom is 0.119 e. The van der Waals surface area contributed by atoms with Crippen LogP contribution in [0.1, 0.15) is 77.0 Å². The topological polar surface area (TPSA) is 44.2 Å². The van der Waals surface area contributed by atoms with Crippen LogP contribution in [0, 0.1) is 0 Å². The number of aromatic nitrogens is 2. The molecule has 0 saturated carbocycles. The van der Waals surface area contributed by atoms with E-state index in [1.165, 1.54) is 64.2 Å². The van der Waals surface area contributed by atoms with Gasteiger partial charge in [0, 0.05) is 21.9 Å². The predicted molar refractivity (Wildman–Crippen MR) is 174 cm³/mol. The first-order valence-corrected chi connectivity index (χ1v) is 16.0. The molecule has 0 amide bonds. The van der Waals surface area contributed by atoms with Gasteiger partial charge in [0.05, 0.1) is 35.6 Å². The van der Waals surface area contributed by atoms with Gasteiger partial charge in [-0.2, -0.15) is 0 Å². The van der Waals surface area contributed by atoms with Crippen molar-refractivity contribution in [1.82, 2.24) is 9.97 Å². The lowest BCUT2D eigenvalue weighted by molar-refractivity contribution is 0.303. The molecule has 0 saturated heterocycles. The zero-order chi connectivity index (χ0) is 28.4. The van der Waals surface area contributed by atoms with Gasteiger partial charge in [0.1, 0.15) is 11.5 Å². The summed E-state index contributed by atoms with van der Waals surface area (Å²) in [5.41, 5.74) is 5.88. The van der Waals surface area contributed by atoms with Gasteiger partial charge in [0.2, 0.25) is 0 Å². The number of hydrogen-bond donors (Lipinski definition) is 0. The molecule has 0 aliphatic carbocycles. The van der Waals surface area contributed by atoms with E-state index in [0.29, 0.717) is 0 Å². The van der Waals surface area contributed by atoms with Gasteiger partial charge < -0.3 is 9.47 Å². The lowest BCUT2D eigenvalue weighted by Gasteiger charge is -2.10. The van der Waals surface area contributed by atoms with Crippen molar-refractivity contribution in [3.8, 4) is 34.0 Å². The number of benzene rings is 3. The van der Waals surface area contributed by atoms with E-state index >= 15 is 0 Å². The van der Waals surface area contributed by atoms with Crippen LogP contribution in [0.5, 0.6) is 11.5 Å². The van der Waals surface area contributed by atoms with E-state index in [-0.39, 0.29) is 0 Å². The van der Waals surface area contributed by atoms with Gasteiger partial charge in [-0.15, -0.1) is 0 Å². The largest absolute Gasteiger partial charge is 0.494 e. The number of rotatable bonds is 0. The summed E-state index contributed by atoms with van der Waals surface area (Å²) >= 11 is 0. The highest BCUT2D eigenvalue weighted by Gasteiger charge is 2.10. The summed E-state index contributed by atoms with van der Waals surface area (Å²) in [6, 6.07) is 29.4. The first-order valence-electron chi connectivity index (χ1n) is 16.0. The van der Waals surface area contributed by atoms with Crippen LogP contribution < -0.4 is 9.47 Å². The molecule has 0 unspecified atom stereocenters. The Hall–Kier alpha value is -3.92. The smallest absolute Gasteiger partial charge is 0.119 e. The Morgan fingerprint density at radius 3 is 1.07 bits per heavy atom. The number of pyridine rings is 2. The number of ether oxygens (including phenoxy) is 2. The summed E-state index contributed by atoms with van der Waals surface area (Å²) in [6.45, 7) is 1.56. The Balaban J connectivity index is 1.24. The maximum atomic E-state index is 6.05. The highest BCUT2D eigenvalue weighted by molar-refractivity contribution is 6.04. The van der Waals surface area contributed by atoms with Crippen LogP contribution in [-0.4, -0.2) is 23.2 Å². The second kappa shape index (κ2) is 14.3. The zero-order valence-corrected chi connectivity index (χ0v) is 24.7. The zero-order valence-electron chi connectivity index (χ0n) is 24.7. The molecule has 2 aromatic heterocycles. The molecule has 8 bridgehead atoms. The molecule has 0 radical (unpaired) electrons. The molecule has 8 rings (SSSR count). The number of fused-ring (bicyclic) bond motifs is 2. The van der Waals surface area contributed by atoms with Gasteiger partial charge in [-0.05, 0) is 73.5 Å². The summed E-state index contributed by atoms with van der Waals surface area (Å²) in [5.74, 6) is 1.85. The van der Waals surface area contributed by atoms with E-state index in [1.54, 1.807) is 0 Å². The molecule has 3 aliphatic rings. The lowest BCUT2D eigenvalue weighted by atomic mass is 10.1. The fraction of sp³-hybridized carbons (Fsp3) is 0.368. The third kappa shape index (κ3) is 7.28. The SMILES string of the molecule is c1cc2ccc1OCCCCCCCCCCCCCCOc1ccc(cc1)-c1ccc3ccc4ccc-2nc4c3n1. The van der Waals surface area contributed by atoms with Crippen molar-refractivity contribution in [2.45, 2.75) is 77.0 Å². The van der Waals surface area contributed by atoms with Crippen LogP contribution in [0.3, 0.4) is 0 Å². The van der Waals surface area contributed by atoms with E-state index in [2.05, 4.69) is 84.9 Å². The summed E-state index contributed by atoms with van der Waals surface area (Å²) in [7, 11) is 0. The molecule has 0 atom stereocenters. The van der Waals surface area contributed by atoms with Crippen LogP contribution in [0.15, 0.2) is 84.9 Å². The van der Waals surface area contributed by atoms with Gasteiger partial charge in [-0.1, -0.05) is 88.5 Å². The minimum atomic E-state index is 0.779. The monoisotopic (exact) mass is 558 g/mol. The highest BCUT2D eigenvalue weighted by atomic mass is 16.5. The molecule has 0 fully saturated rings. The lowest BCUT2D eigenvalue weighted by Crippen LogP contribution is -1.97. The highest BCUT2D eigenvalue weighted by Crippen LogP contribution is 2.30. The third-order valence-electron chi connectivity index (χ3n) is 8.40. The van der Waals surface area contributed by atoms with E-state index < -0.39 is 0 Å². The molecule has 4 nitrogen and oxygen atoms in total. The van der Waals surface area contributed by atoms with Crippen molar-refractivity contribution in [2.24, 2.45) is 0 Å². The average Bonchev–Trinajstić information content (AvgIpc) is 3.04. The van der Waals surface area contributed by atoms with Gasteiger partial charge in [-0.25, -0.2) is 9.97 Å². The molecule has 3 aromatic carbocycles. The Morgan fingerprint density at radius 1 is 0.357 bits per heavy atom. The van der Waals surface area contributed by atoms with E-state index in [9.17, 15) is 0 Å². The Kier molecular flexibility index (Phi) is 9.61. The molecule has 216 valence electrons. The van der Waals surface area contributed by atoms with Crippen LogP contribution in [0.4, 0.5) is 0 Å². The third-order valence-corrected chi connectivity index (χ3v) is 8.40. The normalized spacial score (nSPS) is 16.1. The Bertz CT molecular complexity index is 1460. The van der Waals surface area contributed by atoms with Crippen molar-refractivity contribution in [3.63, 3.8) is 0 Å². The Morgan fingerprint density at radius 2 is 0.690 bits per heavy atom. The van der Waals surface area contributed by atoms with Gasteiger partial charge in [0.25, 0.3) is 0 Å². The number of nitrogens with zero attached hydrogens (tertiary/aromatic N) is 2. The fourth-order valence-corrected chi connectivity index (χ4v) is 5.89. The summed E-state index contributed by atoms with van der Waals surface area (Å²) in [4.78, 5) is 10.2. The standard InChI is InChI=1S/C38H42N2O2/c1-2-4-6-8-10-12-28-42-34-23-17-30(18-24-34)36-26-20-32-14-13-31-19-25-35(39-37(31)38(32)40-36)29-15-21-33(22-16-29)41-27-11-9-7-5-3-1/h13-26H,1-12,27-28H2. The number of hydrogen-bond acceptors (Lipinski definition) is 4. The van der Waals surface area contributed by atoms with Crippen LogP contribution in [0.25, 0.3) is 44.3 Å². The molecule has 0 N–H and O–H groups in total. The van der Waals surface area contributed by atoms with Crippen molar-refractivity contribution < 1.29 is 9.47 Å². The van der Waals surface area contributed by atoms with Crippen molar-refractivity contribution in [3.05, 3.63) is 84.9 Å². The predicted octanol–water partition coefficient (Wildman–Crippen LogP) is 10.6. The minimum Gasteiger partial charge on any atom is -0.494 e. The van der Waals surface area contributed by atoms with Gasteiger partial charge >= 0.3 is 0 Å². The first kappa shape index (κ1) is 28.2. The van der Waals surface area contributed by atoms with E-state index in [0.717, 1.165) is 81.9 Å². The summed E-state index contributed by atoms with van der Waals surface area (Å²) in [6.07, 6.45) is 15.5. The summed E-state index contributed by atoms with van der Waals surface area (Å²) in [5, 5.41) is 2.18. The quantitative estimate of drug-likeness (QED) is 0.177. The van der Waals surface area contributed by atoms with Crippen LogP contribution in [-0.2, 0) is 0 Å². The van der Waals surface area contributed by atoms with E-state index in [4.69, 9.17) is 19.4 Å². The van der Waals surface area contributed by atoms with Gasteiger partial charge in [0.15, 0.2) is 0 Å². The van der Waals surface area contributed by atoms with Crippen molar-refractivity contribution in [2.75, 3.05) is 13.2 Å². The Labute approximate surface area is 250 Å². The molecule has 4 heteroatoms. The minimum absolute atomic E-state index is 0.779. The summed E-state index contributed by atoms with van der Waals surface area (Å²) < 4.78 is 12.1. The second-order valence-corrected chi connectivity index (χ2v) is 11.6. The molecular formula is C38H42N2O2. The van der Waals surface area contributed by atoms with Gasteiger partial charge in [-0.3, -0.25) is 0 Å². The van der Waals surface area contributed by atoms with Crippen molar-refractivity contribution in [1.29, 1.82) is 0 Å². The molecular weight excluding hydrogens is 516 g/mol.